The molecule has 4 heterocycles. The number of aliphatic hydroxyl groups excluding tert-OH is 1. The Labute approximate surface area is 293 Å². The van der Waals surface area contributed by atoms with Gasteiger partial charge in [0.1, 0.15) is 29.6 Å². The number of aromatic nitrogens is 3. The van der Waals surface area contributed by atoms with Crippen LogP contribution in [0.2, 0.25) is 0 Å². The number of nitrogens with zero attached hydrogens (tertiary/aromatic N) is 6. The minimum Gasteiger partial charge on any atom is -0.494 e. The van der Waals surface area contributed by atoms with Gasteiger partial charge >= 0.3 is 0 Å². The number of benzene rings is 2. The summed E-state index contributed by atoms with van der Waals surface area (Å²) < 4.78 is 14.3. The van der Waals surface area contributed by atoms with E-state index in [1.165, 1.54) is 0 Å². The third-order valence-electron chi connectivity index (χ3n) is 10.8. The lowest BCUT2D eigenvalue weighted by molar-refractivity contribution is -0.153. The molecule has 1 aromatic heterocycles. The van der Waals surface area contributed by atoms with Crippen LogP contribution in [0.25, 0.3) is 11.0 Å². The summed E-state index contributed by atoms with van der Waals surface area (Å²) in [5.74, 6) is -1.92. The molecule has 12 nitrogen and oxygen atoms in total. The zero-order valence-electron chi connectivity index (χ0n) is 29.2. The Morgan fingerprint density at radius 1 is 1.08 bits per heavy atom. The Morgan fingerprint density at radius 2 is 1.82 bits per heavy atom. The number of para-hydroxylation sites is 1. The predicted octanol–water partition coefficient (Wildman–Crippen LogP) is 4.19. The molecule has 6 rings (SSSR count). The second kappa shape index (κ2) is 14.4. The molecule has 1 N–H and O–H groups in total. The number of amides is 3. The molecule has 6 atom stereocenters. The van der Waals surface area contributed by atoms with Crippen LogP contribution in [0.4, 0.5) is 5.69 Å². The molecule has 50 heavy (non-hydrogen) atoms. The van der Waals surface area contributed by atoms with Gasteiger partial charge < -0.3 is 29.3 Å². The first-order valence-electron chi connectivity index (χ1n) is 17.6. The molecular formula is C38H48N6O6. The second-order valence-corrected chi connectivity index (χ2v) is 13.8. The minimum absolute atomic E-state index is 0.0437. The van der Waals surface area contributed by atoms with Gasteiger partial charge in [-0.25, -0.2) is 4.68 Å². The van der Waals surface area contributed by atoms with Crippen LogP contribution in [0.3, 0.4) is 0 Å². The molecule has 3 unspecified atom stereocenters. The Hall–Kier alpha value is -4.55. The van der Waals surface area contributed by atoms with Gasteiger partial charge in [0, 0.05) is 31.9 Å². The van der Waals surface area contributed by atoms with Crippen molar-refractivity contribution >= 4 is 34.4 Å². The van der Waals surface area contributed by atoms with Crippen molar-refractivity contribution < 1.29 is 29.0 Å². The molecule has 3 aliphatic heterocycles. The summed E-state index contributed by atoms with van der Waals surface area (Å²) in [5.41, 5.74) is -0.0779. The van der Waals surface area contributed by atoms with Crippen molar-refractivity contribution in [3.05, 3.63) is 73.8 Å². The van der Waals surface area contributed by atoms with Crippen molar-refractivity contribution in [3.8, 4) is 5.75 Å². The van der Waals surface area contributed by atoms with E-state index in [2.05, 4.69) is 23.5 Å². The van der Waals surface area contributed by atoms with Crippen molar-refractivity contribution in [1.82, 2.24) is 24.8 Å². The van der Waals surface area contributed by atoms with Gasteiger partial charge in [0.05, 0.1) is 29.6 Å². The number of unbranched alkanes of at least 4 members (excludes halogenated alkanes) is 2. The van der Waals surface area contributed by atoms with Gasteiger partial charge in [0.15, 0.2) is 0 Å². The van der Waals surface area contributed by atoms with Gasteiger partial charge in [-0.3, -0.25) is 14.4 Å². The molecule has 0 aliphatic carbocycles. The van der Waals surface area contributed by atoms with Crippen LogP contribution < -0.4 is 9.64 Å². The van der Waals surface area contributed by atoms with Crippen LogP contribution in [0.15, 0.2) is 73.8 Å². The number of fused-ring (bicyclic) bond motifs is 2. The van der Waals surface area contributed by atoms with Crippen molar-refractivity contribution in [2.75, 3.05) is 37.7 Å². The maximum atomic E-state index is 15.0. The van der Waals surface area contributed by atoms with Crippen LogP contribution in [0.1, 0.15) is 46.5 Å². The van der Waals surface area contributed by atoms with E-state index in [-0.39, 0.29) is 50.0 Å². The number of anilines is 1. The van der Waals surface area contributed by atoms with Crippen molar-refractivity contribution in [2.45, 2.75) is 70.4 Å². The van der Waals surface area contributed by atoms with E-state index < -0.39 is 29.1 Å². The number of carbonyl (C=O) groups excluding carboxylic acids is 3. The molecule has 0 radical (unpaired) electrons. The van der Waals surface area contributed by atoms with Crippen molar-refractivity contribution in [3.63, 3.8) is 0 Å². The highest BCUT2D eigenvalue weighted by Gasteiger charge is 2.80. The van der Waals surface area contributed by atoms with Gasteiger partial charge in [-0.15, -0.1) is 18.3 Å². The number of ether oxygens (including phenoxy) is 2. The van der Waals surface area contributed by atoms with E-state index >= 15 is 0 Å². The highest BCUT2D eigenvalue weighted by Crippen LogP contribution is 2.65. The standard InChI is InChI=1S/C38H48N6O6/c1-6-20-41(25-44-30-15-11-10-14-29(30)39-40-44)36(48)33-38-24-26(4)37(5,50-38)31(32(38)35(47)43(33)22-12-9-13-23-45)34(46)42(21-7-2)27-16-18-28(19-17-27)49-8-3/h6-7,10-11,14-19,26,31-33,45H,1-2,8-9,12-13,20-25H2,3-5H3/t26?,31-,32+,33?,37+,38?/m1/s1. The molecule has 266 valence electrons. The largest absolute Gasteiger partial charge is 0.494 e. The third kappa shape index (κ3) is 5.87. The zero-order chi connectivity index (χ0) is 35.6. The van der Waals surface area contributed by atoms with E-state index in [0.29, 0.717) is 55.8 Å². The number of rotatable bonds is 16. The topological polar surface area (TPSA) is 130 Å². The lowest BCUT2D eigenvalue weighted by Crippen LogP contribution is -2.57. The summed E-state index contributed by atoms with van der Waals surface area (Å²) in [4.78, 5) is 49.6. The second-order valence-electron chi connectivity index (χ2n) is 13.8. The smallest absolute Gasteiger partial charge is 0.250 e. The third-order valence-corrected chi connectivity index (χ3v) is 10.8. The molecule has 0 saturated carbocycles. The van der Waals surface area contributed by atoms with Gasteiger partial charge in [-0.05, 0) is 81.8 Å². The summed E-state index contributed by atoms with van der Waals surface area (Å²) in [6.07, 6.45) is 5.63. The number of hydrogen-bond donors (Lipinski definition) is 1. The number of carbonyl (C=O) groups is 3. The predicted molar refractivity (Wildman–Crippen MR) is 189 cm³/mol. The fourth-order valence-electron chi connectivity index (χ4n) is 8.44. The Morgan fingerprint density at radius 3 is 2.52 bits per heavy atom. The zero-order valence-corrected chi connectivity index (χ0v) is 29.2. The van der Waals surface area contributed by atoms with Gasteiger partial charge in [-0.1, -0.05) is 36.4 Å². The molecule has 1 spiro atoms. The first-order valence-corrected chi connectivity index (χ1v) is 17.6. The molecule has 2 aromatic carbocycles. The summed E-state index contributed by atoms with van der Waals surface area (Å²) in [6, 6.07) is 13.9. The van der Waals surface area contributed by atoms with Gasteiger partial charge in [0.25, 0.3) is 0 Å². The van der Waals surface area contributed by atoms with E-state index in [9.17, 15) is 19.5 Å². The molecule has 12 heteroatoms. The lowest BCUT2D eigenvalue weighted by atomic mass is 9.62. The first kappa shape index (κ1) is 35.3. The summed E-state index contributed by atoms with van der Waals surface area (Å²) in [5, 5.41) is 18.0. The van der Waals surface area contributed by atoms with Crippen LogP contribution in [-0.4, -0.2) is 97.7 Å². The quantitative estimate of drug-likeness (QED) is 0.176. The highest BCUT2D eigenvalue weighted by molar-refractivity contribution is 6.03. The highest BCUT2D eigenvalue weighted by atomic mass is 16.5. The minimum atomic E-state index is -1.22. The van der Waals surface area contributed by atoms with E-state index in [1.807, 2.05) is 69.3 Å². The van der Waals surface area contributed by atoms with Gasteiger partial charge in [0.2, 0.25) is 17.7 Å². The molecular weight excluding hydrogens is 636 g/mol. The number of hydrogen-bond acceptors (Lipinski definition) is 8. The average Bonchev–Trinajstić information content (AvgIpc) is 3.78. The SMILES string of the molecule is C=CCN(Cn1nnc2ccccc21)C(=O)C1N(CCCCCO)C(=O)[C@@H]2[C@H](C(=O)N(CC=C)c3ccc(OCC)cc3)[C@@]3(C)OC12CC3C. The number of likely N-dealkylation sites (tertiary alicyclic amines) is 1. The lowest BCUT2D eigenvalue weighted by Gasteiger charge is -2.39. The van der Waals surface area contributed by atoms with E-state index in [1.54, 1.807) is 31.5 Å². The molecule has 3 aromatic rings. The maximum absolute atomic E-state index is 15.0. The first-order chi connectivity index (χ1) is 24.1. The fraction of sp³-hybridized carbons (Fsp3) is 0.500. The van der Waals surface area contributed by atoms with Crippen LogP contribution in [0, 0.1) is 17.8 Å². The van der Waals surface area contributed by atoms with Gasteiger partial charge in [-0.2, -0.15) is 0 Å². The van der Waals surface area contributed by atoms with Crippen LogP contribution >= 0.6 is 0 Å². The van der Waals surface area contributed by atoms with Crippen LogP contribution in [-0.2, 0) is 25.8 Å². The summed E-state index contributed by atoms with van der Waals surface area (Å²) in [6.45, 7) is 15.1. The molecule has 3 saturated heterocycles. The number of aliphatic hydroxyl groups is 1. The Bertz CT molecular complexity index is 1740. The summed E-state index contributed by atoms with van der Waals surface area (Å²) in [7, 11) is 0. The molecule has 3 aliphatic rings. The van der Waals surface area contributed by atoms with E-state index in [0.717, 1.165) is 5.52 Å². The van der Waals surface area contributed by atoms with Crippen molar-refractivity contribution in [2.24, 2.45) is 17.8 Å². The van der Waals surface area contributed by atoms with Crippen LogP contribution in [0.5, 0.6) is 5.75 Å². The monoisotopic (exact) mass is 684 g/mol. The maximum Gasteiger partial charge on any atom is 0.250 e. The average molecular weight is 685 g/mol. The summed E-state index contributed by atoms with van der Waals surface area (Å²) >= 11 is 0. The van der Waals surface area contributed by atoms with Crippen molar-refractivity contribution in [1.29, 1.82) is 0 Å². The van der Waals surface area contributed by atoms with E-state index in [4.69, 9.17) is 9.47 Å². The molecule has 3 fully saturated rings. The normalized spacial score (nSPS) is 26.6. The Balaban J connectivity index is 1.39. The molecule has 3 amide bonds. The fourth-order valence-corrected chi connectivity index (χ4v) is 8.44. The molecule has 2 bridgehead atoms. The Kier molecular flexibility index (Phi) is 10.1.